The topological polar surface area (TPSA) is 78.9 Å². The molecule has 1 aromatic rings. The summed E-state index contributed by atoms with van der Waals surface area (Å²) in [7, 11) is 1.50. The second-order valence-electron chi connectivity index (χ2n) is 7.50. The van der Waals surface area contributed by atoms with E-state index < -0.39 is 5.92 Å². The molecule has 4 rings (SSSR count). The molecule has 3 aliphatic rings. The number of carbonyl (C=O) groups is 3. The summed E-state index contributed by atoms with van der Waals surface area (Å²) < 4.78 is 16.8. The molecular weight excluding hydrogens is 372 g/mol. The lowest BCUT2D eigenvalue weighted by molar-refractivity contribution is -0.134. The standard InChI is InChI=1S/C23H24O6/c1-3-20(26)29-16-11-10-13(12-19(16)27-2)21-22-14(24)6-4-8-17(22)28-18-9-5-7-15(25)23(18)21/h10-12,21H,3-9H2,1-2H3. The van der Waals surface area contributed by atoms with E-state index in [1.54, 1.807) is 25.1 Å². The number of esters is 1. The van der Waals surface area contributed by atoms with Crippen molar-refractivity contribution in [2.24, 2.45) is 0 Å². The van der Waals surface area contributed by atoms with Crippen LogP contribution in [-0.4, -0.2) is 24.6 Å². The van der Waals surface area contributed by atoms with Crippen LogP contribution in [0.15, 0.2) is 40.9 Å². The molecule has 1 aliphatic heterocycles. The van der Waals surface area contributed by atoms with Crippen LogP contribution in [0.25, 0.3) is 0 Å². The van der Waals surface area contributed by atoms with Crippen LogP contribution in [0.2, 0.25) is 0 Å². The number of ketones is 2. The van der Waals surface area contributed by atoms with Gasteiger partial charge >= 0.3 is 5.97 Å². The molecule has 6 nitrogen and oxygen atoms in total. The molecule has 0 unspecified atom stereocenters. The number of ether oxygens (including phenoxy) is 3. The Morgan fingerprint density at radius 2 is 1.62 bits per heavy atom. The van der Waals surface area contributed by atoms with Crippen LogP contribution in [-0.2, 0) is 19.1 Å². The third-order valence-corrected chi connectivity index (χ3v) is 5.67. The van der Waals surface area contributed by atoms with E-state index in [9.17, 15) is 14.4 Å². The second kappa shape index (κ2) is 7.85. The summed E-state index contributed by atoms with van der Waals surface area (Å²) >= 11 is 0. The Hall–Kier alpha value is -2.89. The molecule has 29 heavy (non-hydrogen) atoms. The van der Waals surface area contributed by atoms with Gasteiger partial charge in [-0.2, -0.15) is 0 Å². The van der Waals surface area contributed by atoms with Gasteiger partial charge in [-0.15, -0.1) is 0 Å². The number of carbonyl (C=O) groups excluding carboxylic acids is 3. The smallest absolute Gasteiger partial charge is 0.311 e. The number of allylic oxidation sites excluding steroid dienone is 4. The van der Waals surface area contributed by atoms with E-state index in [0.717, 1.165) is 18.4 Å². The molecule has 0 saturated carbocycles. The SMILES string of the molecule is CCC(=O)Oc1ccc(C2C3=C(CCCC3=O)OC3=C2C(=O)CCC3)cc1OC. The average Bonchev–Trinajstić information content (AvgIpc) is 2.73. The molecule has 6 heteroatoms. The highest BCUT2D eigenvalue weighted by atomic mass is 16.6. The lowest BCUT2D eigenvalue weighted by Gasteiger charge is -2.36. The fraction of sp³-hybridized carbons (Fsp3) is 0.435. The molecule has 0 saturated heterocycles. The summed E-state index contributed by atoms with van der Waals surface area (Å²) in [6.45, 7) is 1.72. The van der Waals surface area contributed by atoms with Crippen molar-refractivity contribution in [3.8, 4) is 11.5 Å². The zero-order valence-electron chi connectivity index (χ0n) is 16.7. The van der Waals surface area contributed by atoms with Crippen LogP contribution < -0.4 is 9.47 Å². The van der Waals surface area contributed by atoms with E-state index in [-0.39, 0.29) is 24.0 Å². The first kappa shape index (κ1) is 19.4. The molecule has 1 aromatic carbocycles. The van der Waals surface area contributed by atoms with Gasteiger partial charge in [0.2, 0.25) is 0 Å². The van der Waals surface area contributed by atoms with Crippen molar-refractivity contribution in [1.29, 1.82) is 0 Å². The molecule has 1 heterocycles. The van der Waals surface area contributed by atoms with Gasteiger partial charge in [-0.3, -0.25) is 14.4 Å². The Kier molecular flexibility index (Phi) is 5.26. The van der Waals surface area contributed by atoms with Crippen molar-refractivity contribution in [3.05, 3.63) is 46.4 Å². The first-order valence-corrected chi connectivity index (χ1v) is 10.1. The van der Waals surface area contributed by atoms with E-state index in [4.69, 9.17) is 14.2 Å². The van der Waals surface area contributed by atoms with Gasteiger partial charge in [0.25, 0.3) is 0 Å². The summed E-state index contributed by atoms with van der Waals surface area (Å²) in [4.78, 5) is 37.4. The number of methoxy groups -OCH3 is 1. The number of hydrogen-bond acceptors (Lipinski definition) is 6. The lowest BCUT2D eigenvalue weighted by atomic mass is 9.73. The highest BCUT2D eigenvalue weighted by molar-refractivity contribution is 6.05. The predicted molar refractivity (Wildman–Crippen MR) is 105 cm³/mol. The maximum Gasteiger partial charge on any atom is 0.311 e. The predicted octanol–water partition coefficient (Wildman–Crippen LogP) is 4.14. The molecule has 0 radical (unpaired) electrons. The minimum atomic E-state index is -0.459. The molecular formula is C23H24O6. The minimum absolute atomic E-state index is 0.0293. The molecule has 0 spiro atoms. The van der Waals surface area contributed by atoms with Crippen LogP contribution in [0.1, 0.15) is 63.4 Å². The molecule has 0 bridgehead atoms. The molecule has 0 N–H and O–H groups in total. The maximum atomic E-state index is 12.8. The quantitative estimate of drug-likeness (QED) is 0.562. The largest absolute Gasteiger partial charge is 0.493 e. The summed E-state index contributed by atoms with van der Waals surface area (Å²) in [5.74, 6) is 1.35. The molecule has 0 amide bonds. The minimum Gasteiger partial charge on any atom is -0.493 e. The van der Waals surface area contributed by atoms with E-state index in [1.807, 2.05) is 0 Å². The Labute approximate surface area is 169 Å². The van der Waals surface area contributed by atoms with Crippen molar-refractivity contribution in [3.63, 3.8) is 0 Å². The fourth-order valence-electron chi connectivity index (χ4n) is 4.29. The van der Waals surface area contributed by atoms with E-state index in [1.165, 1.54) is 7.11 Å². The van der Waals surface area contributed by atoms with Gasteiger partial charge in [-0.1, -0.05) is 13.0 Å². The third kappa shape index (κ3) is 3.48. The lowest BCUT2D eigenvalue weighted by Crippen LogP contribution is -2.30. The van der Waals surface area contributed by atoms with Gasteiger partial charge < -0.3 is 14.2 Å². The highest BCUT2D eigenvalue weighted by Gasteiger charge is 2.41. The first-order valence-electron chi connectivity index (χ1n) is 10.1. The summed E-state index contributed by atoms with van der Waals surface area (Å²) in [6, 6.07) is 5.22. The Balaban J connectivity index is 1.83. The Morgan fingerprint density at radius 1 is 1.00 bits per heavy atom. The Morgan fingerprint density at radius 3 is 2.17 bits per heavy atom. The summed E-state index contributed by atoms with van der Waals surface area (Å²) in [5.41, 5.74) is 1.95. The van der Waals surface area contributed by atoms with E-state index >= 15 is 0 Å². The van der Waals surface area contributed by atoms with Crippen molar-refractivity contribution in [2.45, 2.75) is 57.8 Å². The van der Waals surface area contributed by atoms with Gasteiger partial charge in [-0.05, 0) is 30.5 Å². The molecule has 0 fully saturated rings. The second-order valence-corrected chi connectivity index (χ2v) is 7.50. The van der Waals surface area contributed by atoms with Gasteiger partial charge in [0, 0.05) is 49.2 Å². The van der Waals surface area contributed by atoms with Crippen molar-refractivity contribution in [1.82, 2.24) is 0 Å². The highest BCUT2D eigenvalue weighted by Crippen LogP contribution is 2.48. The maximum absolute atomic E-state index is 12.8. The summed E-state index contributed by atoms with van der Waals surface area (Å²) in [5, 5.41) is 0. The molecule has 2 aliphatic carbocycles. The zero-order valence-corrected chi connectivity index (χ0v) is 16.7. The summed E-state index contributed by atoms with van der Waals surface area (Å²) in [6.07, 6.45) is 4.09. The molecule has 0 aromatic heterocycles. The van der Waals surface area contributed by atoms with Gasteiger partial charge in [0.05, 0.1) is 7.11 Å². The van der Waals surface area contributed by atoms with Crippen LogP contribution >= 0.6 is 0 Å². The molecule has 152 valence electrons. The van der Waals surface area contributed by atoms with Crippen LogP contribution in [0.3, 0.4) is 0 Å². The van der Waals surface area contributed by atoms with E-state index in [0.29, 0.717) is 59.8 Å². The number of hydrogen-bond donors (Lipinski definition) is 0. The van der Waals surface area contributed by atoms with Gasteiger partial charge in [0.1, 0.15) is 11.5 Å². The normalized spacial score (nSPS) is 19.5. The monoisotopic (exact) mass is 396 g/mol. The van der Waals surface area contributed by atoms with Crippen molar-refractivity contribution < 1.29 is 28.6 Å². The first-order chi connectivity index (χ1) is 14.0. The van der Waals surface area contributed by atoms with Crippen LogP contribution in [0.5, 0.6) is 11.5 Å². The Bertz CT molecular complexity index is 910. The van der Waals surface area contributed by atoms with Crippen LogP contribution in [0, 0.1) is 0 Å². The van der Waals surface area contributed by atoms with Crippen molar-refractivity contribution >= 4 is 17.5 Å². The van der Waals surface area contributed by atoms with Gasteiger partial charge in [0.15, 0.2) is 23.1 Å². The fourth-order valence-corrected chi connectivity index (χ4v) is 4.29. The molecule has 0 atom stereocenters. The van der Waals surface area contributed by atoms with Gasteiger partial charge in [-0.25, -0.2) is 0 Å². The van der Waals surface area contributed by atoms with Crippen LogP contribution in [0.4, 0.5) is 0 Å². The average molecular weight is 396 g/mol. The number of benzene rings is 1. The third-order valence-electron chi connectivity index (χ3n) is 5.67. The van der Waals surface area contributed by atoms with E-state index in [2.05, 4.69) is 0 Å². The zero-order chi connectivity index (χ0) is 20.5. The van der Waals surface area contributed by atoms with Crippen molar-refractivity contribution in [2.75, 3.05) is 7.11 Å². The number of Topliss-reactive ketones (excluding diaryl/α,β-unsaturated/α-hetero) is 2. The number of rotatable bonds is 4.